The Labute approximate surface area is 138 Å². The van der Waals surface area contributed by atoms with Gasteiger partial charge in [-0.1, -0.05) is 18.2 Å². The highest BCUT2D eigenvalue weighted by Crippen LogP contribution is 2.15. The fraction of sp³-hybridized carbons (Fsp3) is 0.588. The van der Waals surface area contributed by atoms with E-state index in [1.807, 2.05) is 13.0 Å². The maximum absolute atomic E-state index is 11.9. The highest BCUT2D eigenvalue weighted by Gasteiger charge is 2.20. The number of carbonyl (C=O) groups excluding carboxylic acids is 1. The Morgan fingerprint density at radius 2 is 1.91 bits per heavy atom. The number of para-hydroxylation sites is 1. The van der Waals surface area contributed by atoms with Gasteiger partial charge >= 0.3 is 6.03 Å². The second-order valence-corrected chi connectivity index (χ2v) is 6.12. The number of anilines is 1. The third kappa shape index (κ3) is 5.41. The van der Waals surface area contributed by atoms with Crippen LogP contribution in [0.3, 0.4) is 0 Å². The number of hydrogen-bond donors (Lipinski definition) is 2. The summed E-state index contributed by atoms with van der Waals surface area (Å²) in [5.74, 6) is 0. The van der Waals surface area contributed by atoms with E-state index in [0.29, 0.717) is 6.54 Å². The first-order valence-corrected chi connectivity index (χ1v) is 8.25. The van der Waals surface area contributed by atoms with Crippen molar-refractivity contribution in [2.45, 2.75) is 13.0 Å². The summed E-state index contributed by atoms with van der Waals surface area (Å²) in [6, 6.07) is 10.4. The van der Waals surface area contributed by atoms with Gasteiger partial charge in [0.1, 0.15) is 0 Å². The Kier molecular flexibility index (Phi) is 6.67. The number of hydrogen-bond acceptors (Lipinski definition) is 4. The zero-order valence-corrected chi connectivity index (χ0v) is 14.1. The zero-order valence-electron chi connectivity index (χ0n) is 14.1. The molecule has 128 valence electrons. The van der Waals surface area contributed by atoms with Crippen LogP contribution >= 0.6 is 0 Å². The minimum Gasteiger partial charge on any atom is -0.395 e. The molecule has 1 aromatic rings. The van der Waals surface area contributed by atoms with E-state index in [-0.39, 0.29) is 18.7 Å². The smallest absolute Gasteiger partial charge is 0.317 e. The number of urea groups is 1. The molecular formula is C17H28N4O2. The fourth-order valence-corrected chi connectivity index (χ4v) is 2.83. The molecule has 6 heteroatoms. The molecule has 0 aromatic heterocycles. The zero-order chi connectivity index (χ0) is 16.7. The molecule has 0 spiro atoms. The number of aliphatic hydroxyl groups excluding tert-OH is 1. The molecule has 0 radical (unpaired) electrons. The van der Waals surface area contributed by atoms with Crippen LogP contribution in [0.5, 0.6) is 0 Å². The molecule has 2 amide bonds. The van der Waals surface area contributed by atoms with Crippen molar-refractivity contribution >= 4 is 11.7 Å². The number of aliphatic hydroxyl groups is 1. The molecule has 1 aromatic carbocycles. The van der Waals surface area contributed by atoms with Crippen molar-refractivity contribution in [3.8, 4) is 0 Å². The number of nitrogens with one attached hydrogen (secondary N) is 1. The SMILES string of the molecule is CC(CN1CCN(c2ccccc2)CC1)NC(=O)N(C)CCO. The number of amides is 2. The lowest BCUT2D eigenvalue weighted by atomic mass is 10.2. The van der Waals surface area contributed by atoms with Crippen molar-refractivity contribution < 1.29 is 9.90 Å². The van der Waals surface area contributed by atoms with E-state index in [0.717, 1.165) is 32.7 Å². The number of benzene rings is 1. The Bertz CT molecular complexity index is 475. The van der Waals surface area contributed by atoms with Crippen LogP contribution in [0.25, 0.3) is 0 Å². The van der Waals surface area contributed by atoms with Crippen LogP contribution in [0.2, 0.25) is 0 Å². The maximum atomic E-state index is 11.9. The van der Waals surface area contributed by atoms with E-state index >= 15 is 0 Å². The van der Waals surface area contributed by atoms with Gasteiger partial charge in [-0.05, 0) is 19.1 Å². The molecule has 6 nitrogen and oxygen atoms in total. The Morgan fingerprint density at radius 3 is 2.52 bits per heavy atom. The van der Waals surface area contributed by atoms with Gasteiger partial charge in [0.2, 0.25) is 0 Å². The summed E-state index contributed by atoms with van der Waals surface area (Å²) in [7, 11) is 1.69. The van der Waals surface area contributed by atoms with Gasteiger partial charge in [-0.25, -0.2) is 4.79 Å². The van der Waals surface area contributed by atoms with E-state index in [1.54, 1.807) is 7.05 Å². The molecule has 2 N–H and O–H groups in total. The van der Waals surface area contributed by atoms with Crippen molar-refractivity contribution in [2.75, 3.05) is 57.8 Å². The average Bonchev–Trinajstić information content (AvgIpc) is 2.56. The van der Waals surface area contributed by atoms with E-state index in [1.165, 1.54) is 10.6 Å². The van der Waals surface area contributed by atoms with Crippen molar-refractivity contribution in [2.24, 2.45) is 0 Å². The average molecular weight is 320 g/mol. The normalized spacial score (nSPS) is 16.9. The molecule has 1 aliphatic heterocycles. The number of nitrogens with zero attached hydrogens (tertiary/aromatic N) is 3. The summed E-state index contributed by atoms with van der Waals surface area (Å²) in [6.45, 7) is 7.23. The summed E-state index contributed by atoms with van der Waals surface area (Å²) >= 11 is 0. The van der Waals surface area contributed by atoms with Gasteiger partial charge in [0.05, 0.1) is 6.61 Å². The minimum atomic E-state index is -0.130. The molecule has 1 fully saturated rings. The first kappa shape index (κ1) is 17.6. The molecule has 23 heavy (non-hydrogen) atoms. The number of rotatable bonds is 6. The summed E-state index contributed by atoms with van der Waals surface area (Å²) in [6.07, 6.45) is 0. The topological polar surface area (TPSA) is 59.0 Å². The molecule has 0 aliphatic carbocycles. The van der Waals surface area contributed by atoms with Crippen molar-refractivity contribution in [1.29, 1.82) is 0 Å². The molecule has 1 heterocycles. The summed E-state index contributed by atoms with van der Waals surface area (Å²) < 4.78 is 0. The third-order valence-electron chi connectivity index (χ3n) is 4.18. The van der Waals surface area contributed by atoms with Gasteiger partial charge < -0.3 is 20.2 Å². The van der Waals surface area contributed by atoms with Crippen molar-refractivity contribution in [3.63, 3.8) is 0 Å². The van der Waals surface area contributed by atoms with Crippen LogP contribution in [0.4, 0.5) is 10.5 Å². The second kappa shape index (κ2) is 8.74. The van der Waals surface area contributed by atoms with Gasteiger partial charge in [0.15, 0.2) is 0 Å². The molecule has 1 unspecified atom stereocenters. The first-order chi connectivity index (χ1) is 11.1. The lowest BCUT2D eigenvalue weighted by molar-refractivity contribution is 0.180. The Morgan fingerprint density at radius 1 is 1.26 bits per heavy atom. The van der Waals surface area contributed by atoms with Gasteiger partial charge in [-0.3, -0.25) is 4.90 Å². The van der Waals surface area contributed by atoms with Crippen LogP contribution in [0, 0.1) is 0 Å². The number of likely N-dealkylation sites (N-methyl/N-ethyl adjacent to an activating group) is 1. The van der Waals surface area contributed by atoms with Crippen LogP contribution in [0.1, 0.15) is 6.92 Å². The highest BCUT2D eigenvalue weighted by molar-refractivity contribution is 5.74. The Hall–Kier alpha value is -1.79. The first-order valence-electron chi connectivity index (χ1n) is 8.25. The quantitative estimate of drug-likeness (QED) is 0.815. The van der Waals surface area contributed by atoms with Crippen LogP contribution in [-0.2, 0) is 0 Å². The van der Waals surface area contributed by atoms with Gasteiger partial charge in [0.25, 0.3) is 0 Å². The lowest BCUT2D eigenvalue weighted by Crippen LogP contribution is -2.52. The maximum Gasteiger partial charge on any atom is 0.317 e. The molecule has 0 saturated carbocycles. The lowest BCUT2D eigenvalue weighted by Gasteiger charge is -2.37. The predicted molar refractivity (Wildman–Crippen MR) is 92.8 cm³/mol. The van der Waals surface area contributed by atoms with Gasteiger partial charge in [0, 0.05) is 58.0 Å². The predicted octanol–water partition coefficient (Wildman–Crippen LogP) is 0.831. The van der Waals surface area contributed by atoms with Crippen LogP contribution < -0.4 is 10.2 Å². The minimum absolute atomic E-state index is 0.0141. The standard InChI is InChI=1S/C17H28N4O2/c1-15(18-17(23)19(2)12-13-22)14-20-8-10-21(11-9-20)16-6-4-3-5-7-16/h3-7,15,22H,8-14H2,1-2H3,(H,18,23). The van der Waals surface area contributed by atoms with E-state index in [2.05, 4.69) is 39.4 Å². The third-order valence-corrected chi connectivity index (χ3v) is 4.18. The molecule has 1 saturated heterocycles. The molecular weight excluding hydrogens is 292 g/mol. The highest BCUT2D eigenvalue weighted by atomic mass is 16.3. The van der Waals surface area contributed by atoms with Gasteiger partial charge in [-0.2, -0.15) is 0 Å². The van der Waals surface area contributed by atoms with E-state index < -0.39 is 0 Å². The van der Waals surface area contributed by atoms with Crippen LogP contribution in [-0.4, -0.2) is 79.9 Å². The van der Waals surface area contributed by atoms with Crippen molar-refractivity contribution in [1.82, 2.24) is 15.1 Å². The Balaban J connectivity index is 1.72. The van der Waals surface area contributed by atoms with E-state index in [4.69, 9.17) is 5.11 Å². The van der Waals surface area contributed by atoms with E-state index in [9.17, 15) is 4.79 Å². The molecule has 2 rings (SSSR count). The summed E-state index contributed by atoms with van der Waals surface area (Å²) in [5.41, 5.74) is 1.28. The molecule has 1 aliphatic rings. The monoisotopic (exact) mass is 320 g/mol. The summed E-state index contributed by atoms with van der Waals surface area (Å²) in [5, 5.41) is 11.8. The number of piperazine rings is 1. The van der Waals surface area contributed by atoms with Gasteiger partial charge in [-0.15, -0.1) is 0 Å². The molecule has 0 bridgehead atoms. The van der Waals surface area contributed by atoms with Crippen LogP contribution in [0.15, 0.2) is 30.3 Å². The summed E-state index contributed by atoms with van der Waals surface area (Å²) in [4.78, 5) is 18.2. The number of carbonyl (C=O) groups is 1. The largest absolute Gasteiger partial charge is 0.395 e. The second-order valence-electron chi connectivity index (χ2n) is 6.12. The molecule has 1 atom stereocenters. The fourth-order valence-electron chi connectivity index (χ4n) is 2.83. The van der Waals surface area contributed by atoms with Crippen molar-refractivity contribution in [3.05, 3.63) is 30.3 Å².